The summed E-state index contributed by atoms with van der Waals surface area (Å²) < 4.78 is 25.4. The second-order valence-electron chi connectivity index (χ2n) is 3.82. The van der Waals surface area contributed by atoms with Gasteiger partial charge in [-0.2, -0.15) is 0 Å². The third-order valence-corrected chi connectivity index (χ3v) is 3.35. The Morgan fingerprint density at radius 1 is 1.50 bits per heavy atom. The van der Waals surface area contributed by atoms with Crippen molar-refractivity contribution in [2.75, 3.05) is 0 Å². The van der Waals surface area contributed by atoms with Crippen molar-refractivity contribution in [2.24, 2.45) is 0 Å². The van der Waals surface area contributed by atoms with Gasteiger partial charge in [-0.15, -0.1) is 11.3 Å². The van der Waals surface area contributed by atoms with Crippen LogP contribution in [0.2, 0.25) is 0 Å². The molecular weight excluding hydrogens is 270 g/mol. The number of thiazole rings is 1. The Morgan fingerprint density at radius 2 is 2.17 bits per heavy atom. The number of para-hydroxylation sites is 1. The van der Waals surface area contributed by atoms with E-state index in [2.05, 4.69) is 37.0 Å². The van der Waals surface area contributed by atoms with Crippen molar-refractivity contribution in [3.63, 3.8) is 0 Å². The molecule has 18 heavy (non-hydrogen) atoms. The predicted octanol–water partition coefficient (Wildman–Crippen LogP) is 3.29. The van der Waals surface area contributed by atoms with Gasteiger partial charge in [0.2, 0.25) is 0 Å². The molecule has 0 aliphatic heterocycles. The highest BCUT2D eigenvalue weighted by atomic mass is 32.2. The van der Waals surface area contributed by atoms with Crippen LogP contribution in [0.4, 0.5) is 0 Å². The van der Waals surface area contributed by atoms with E-state index < -0.39 is 11.4 Å². The molecule has 0 bridgehead atoms. The fourth-order valence-corrected chi connectivity index (χ4v) is 2.56. The number of fused-ring (bicyclic) bond motifs is 1. The summed E-state index contributed by atoms with van der Waals surface area (Å²) in [6.07, 6.45) is 3.67. The molecule has 1 aromatic carbocycles. The van der Waals surface area contributed by atoms with Crippen LogP contribution in [-0.2, 0) is 17.8 Å². The average Bonchev–Trinajstić information content (AvgIpc) is 2.66. The van der Waals surface area contributed by atoms with Crippen molar-refractivity contribution in [3.8, 4) is 0 Å². The monoisotopic (exact) mass is 286 g/mol. The van der Waals surface area contributed by atoms with Gasteiger partial charge >= 0.3 is 0 Å². The summed E-state index contributed by atoms with van der Waals surface area (Å²) >= 11 is -1.07. The number of nitrogens with zero attached hydrogens (tertiary/aromatic N) is 1. The van der Waals surface area contributed by atoms with E-state index in [1.54, 1.807) is 11.3 Å². The third-order valence-electron chi connectivity index (χ3n) is 2.41. The first kappa shape index (κ1) is 15.2. The van der Waals surface area contributed by atoms with Crippen molar-refractivity contribution >= 4 is 32.9 Å². The van der Waals surface area contributed by atoms with E-state index in [1.807, 2.05) is 0 Å². The van der Waals surface area contributed by atoms with E-state index in [4.69, 9.17) is 13.3 Å². The molecule has 1 aromatic heterocycles. The second-order valence-corrected chi connectivity index (χ2v) is 5.49. The molecule has 4 nitrogen and oxygen atoms in total. The van der Waals surface area contributed by atoms with E-state index in [9.17, 15) is 0 Å². The fraction of sp³-hybridized carbons (Fsp3) is 0.417. The lowest BCUT2D eigenvalue weighted by molar-refractivity contribution is 0.436. The molecule has 1 heterocycles. The third kappa shape index (κ3) is 4.81. The first-order valence-electron chi connectivity index (χ1n) is 5.68. The summed E-state index contributed by atoms with van der Waals surface area (Å²) in [6, 6.07) is 6.51. The van der Waals surface area contributed by atoms with Crippen LogP contribution in [0.3, 0.4) is 0 Å². The van der Waals surface area contributed by atoms with Crippen molar-refractivity contribution in [3.05, 3.63) is 28.8 Å². The fourth-order valence-electron chi connectivity index (χ4n) is 1.69. The average molecular weight is 286 g/mol. The lowest BCUT2D eigenvalue weighted by Gasteiger charge is -1.99. The highest BCUT2D eigenvalue weighted by Crippen LogP contribution is 2.25. The molecule has 2 rings (SSSR count). The Bertz CT molecular complexity index is 521. The number of rotatable bonds is 3. The zero-order chi connectivity index (χ0) is 13.5. The van der Waals surface area contributed by atoms with Gasteiger partial charge in [0.1, 0.15) is 0 Å². The van der Waals surface area contributed by atoms with Crippen LogP contribution < -0.4 is 0 Å². The summed E-state index contributed by atoms with van der Waals surface area (Å²) in [7, 11) is 0. The number of aryl methyl sites for hydroxylation is 2. The summed E-state index contributed by atoms with van der Waals surface area (Å²) in [6.45, 7) is 4.31. The van der Waals surface area contributed by atoms with Gasteiger partial charge in [0.15, 0.2) is 0 Å². The molecule has 0 saturated heterocycles. The zero-order valence-corrected chi connectivity index (χ0v) is 12.0. The lowest BCUT2D eigenvalue weighted by atomic mass is 10.1. The van der Waals surface area contributed by atoms with Crippen molar-refractivity contribution < 1.29 is 13.3 Å². The van der Waals surface area contributed by atoms with E-state index in [0.717, 1.165) is 6.42 Å². The first-order valence-corrected chi connectivity index (χ1v) is 7.52. The molecule has 0 aliphatic rings. The molecule has 1 unspecified atom stereocenters. The van der Waals surface area contributed by atoms with Crippen LogP contribution in [0.25, 0.3) is 10.2 Å². The summed E-state index contributed by atoms with van der Waals surface area (Å²) in [5.41, 5.74) is 2.64. The molecule has 0 saturated carbocycles. The van der Waals surface area contributed by atoms with E-state index >= 15 is 0 Å². The highest BCUT2D eigenvalue weighted by molar-refractivity contribution is 7.73. The standard InChI is InChI=1S/C12H15NS.H2O3S/c1-3-4-6-10-7-5-8-11-12(10)13-9(2)14-11;1-4(2)3/h5,7-8H,3-4,6H2,1-2H3;(H2,1,2,3)/p-1. The molecule has 0 fully saturated rings. The second kappa shape index (κ2) is 7.58. The van der Waals surface area contributed by atoms with Crippen LogP contribution in [0.5, 0.6) is 0 Å². The van der Waals surface area contributed by atoms with Crippen molar-refractivity contribution in [2.45, 2.75) is 33.1 Å². The van der Waals surface area contributed by atoms with Gasteiger partial charge in [0, 0.05) is 0 Å². The van der Waals surface area contributed by atoms with Crippen LogP contribution in [0.1, 0.15) is 30.3 Å². The molecule has 0 aliphatic carbocycles. The minimum absolute atomic E-state index is 1.16. The van der Waals surface area contributed by atoms with Crippen molar-refractivity contribution in [1.82, 2.24) is 4.98 Å². The molecule has 0 amide bonds. The molecule has 0 spiro atoms. The summed E-state index contributed by atoms with van der Waals surface area (Å²) in [5, 5.41) is 1.17. The van der Waals surface area contributed by atoms with Gasteiger partial charge in [-0.1, -0.05) is 25.5 Å². The van der Waals surface area contributed by atoms with Crippen LogP contribution in [0, 0.1) is 6.92 Å². The molecule has 6 heteroatoms. The van der Waals surface area contributed by atoms with Gasteiger partial charge in [-0.25, -0.2) is 9.19 Å². The van der Waals surface area contributed by atoms with Crippen LogP contribution in [-0.4, -0.2) is 18.3 Å². The molecule has 2 aromatic rings. The summed E-state index contributed by atoms with van der Waals surface area (Å²) in [5.74, 6) is 0. The van der Waals surface area contributed by atoms with Crippen LogP contribution >= 0.6 is 11.3 Å². The minimum Gasteiger partial charge on any atom is -0.750 e. The number of hydrogen-bond donors (Lipinski definition) is 1. The minimum atomic E-state index is -2.86. The number of aromatic nitrogens is 1. The maximum absolute atomic E-state index is 8.56. The molecular formula is C12H16NO3S2-. The van der Waals surface area contributed by atoms with E-state index in [-0.39, 0.29) is 0 Å². The maximum Gasteiger partial charge on any atom is 0.0907 e. The molecule has 0 radical (unpaired) electrons. The Kier molecular flexibility index (Phi) is 6.42. The molecule has 100 valence electrons. The molecule has 1 N–H and O–H groups in total. The summed E-state index contributed by atoms with van der Waals surface area (Å²) in [4.78, 5) is 4.58. The van der Waals surface area contributed by atoms with Gasteiger partial charge in [-0.05, 0) is 31.4 Å². The topological polar surface area (TPSA) is 73.2 Å². The number of unbranched alkanes of at least 4 members (excludes halogenated alkanes) is 1. The number of hydrogen-bond acceptors (Lipinski definition) is 4. The maximum atomic E-state index is 8.56. The lowest BCUT2D eigenvalue weighted by Crippen LogP contribution is -1.86. The highest BCUT2D eigenvalue weighted by Gasteiger charge is 2.04. The van der Waals surface area contributed by atoms with Gasteiger partial charge in [0.25, 0.3) is 0 Å². The van der Waals surface area contributed by atoms with Gasteiger partial charge in [-0.3, -0.25) is 0 Å². The Labute approximate surface area is 113 Å². The largest absolute Gasteiger partial charge is 0.750 e. The number of benzene rings is 1. The molecule has 1 atom stereocenters. The van der Waals surface area contributed by atoms with E-state index in [1.165, 1.54) is 33.6 Å². The Hall–Kier alpha value is -0.820. The smallest absolute Gasteiger partial charge is 0.0907 e. The van der Waals surface area contributed by atoms with Crippen molar-refractivity contribution in [1.29, 1.82) is 0 Å². The van der Waals surface area contributed by atoms with Gasteiger partial charge in [0.05, 0.1) is 26.6 Å². The first-order chi connectivity index (χ1) is 8.54. The SMILES string of the molecule is CCCCc1cccc2sc(C)nc12.O=S([O-])O. The van der Waals surface area contributed by atoms with Gasteiger partial charge < -0.3 is 9.11 Å². The van der Waals surface area contributed by atoms with Crippen LogP contribution in [0.15, 0.2) is 18.2 Å². The van der Waals surface area contributed by atoms with E-state index in [0.29, 0.717) is 0 Å². The quantitative estimate of drug-likeness (QED) is 0.879. The Morgan fingerprint density at radius 3 is 2.78 bits per heavy atom. The zero-order valence-electron chi connectivity index (χ0n) is 10.4. The predicted molar refractivity (Wildman–Crippen MR) is 74.5 cm³/mol. The normalized spacial score (nSPS) is 12.0. The Balaban J connectivity index is 0.000000357.